The fraction of sp³-hybridized carbons (Fsp3) is 0.382. The van der Waals surface area contributed by atoms with Crippen molar-refractivity contribution in [1.29, 1.82) is 0 Å². The highest BCUT2D eigenvalue weighted by Gasteiger charge is 2.19. The van der Waals surface area contributed by atoms with E-state index in [-0.39, 0.29) is 12.2 Å². The lowest BCUT2D eigenvalue weighted by Crippen LogP contribution is -2.41. The third-order valence-corrected chi connectivity index (χ3v) is 6.96. The standard InChI is InChI=1S/C34H38N6O4/c1-3-5-8-26-12-13-35-30(18-26)23-39-16-14-38(24-31-19-27(9-6-4-2)20-32(37-31)34(43)44)15-17-40(25-33(41)42)22-29-11-7-10-28(21-39)36-29/h7,10-13,18-20H,3-4,14-17,21-25H2,1-2H3,(H,41,42)(H,43,44). The molecule has 0 fully saturated rings. The van der Waals surface area contributed by atoms with Crippen LogP contribution in [0.25, 0.3) is 0 Å². The van der Waals surface area contributed by atoms with E-state index < -0.39 is 11.9 Å². The Labute approximate surface area is 258 Å². The number of rotatable bonds is 7. The molecule has 10 nitrogen and oxygen atoms in total. The number of nitrogens with zero attached hydrogens (tertiary/aromatic N) is 6. The molecule has 3 aromatic rings. The Kier molecular flexibility index (Phi) is 12.0. The van der Waals surface area contributed by atoms with Crippen molar-refractivity contribution in [3.8, 4) is 23.7 Å². The minimum atomic E-state index is -1.11. The molecule has 0 saturated carbocycles. The normalized spacial score (nSPS) is 14.7. The number of carboxylic acids is 2. The molecule has 0 radical (unpaired) electrons. The molecule has 10 heteroatoms. The lowest BCUT2D eigenvalue weighted by molar-refractivity contribution is -0.138. The third kappa shape index (κ3) is 10.3. The van der Waals surface area contributed by atoms with Crippen LogP contribution >= 0.6 is 0 Å². The predicted molar refractivity (Wildman–Crippen MR) is 166 cm³/mol. The van der Waals surface area contributed by atoms with Crippen molar-refractivity contribution in [2.45, 2.75) is 52.9 Å². The van der Waals surface area contributed by atoms with E-state index >= 15 is 0 Å². The number of aromatic nitrogens is 3. The second kappa shape index (κ2) is 16.3. The predicted octanol–water partition coefficient (Wildman–Crippen LogP) is 3.50. The van der Waals surface area contributed by atoms with Gasteiger partial charge in [0.15, 0.2) is 0 Å². The SMILES string of the molecule is CCC#Cc1ccnc(CN2CCN(Cc3cc(C#CCC)cc(C(=O)O)n3)CCN(CC(=O)O)Cc3cccc(n3)C2)c1. The van der Waals surface area contributed by atoms with Crippen LogP contribution in [0.4, 0.5) is 0 Å². The molecule has 3 aromatic heterocycles. The Balaban J connectivity index is 1.64. The number of hydrogen-bond donors (Lipinski definition) is 2. The lowest BCUT2D eigenvalue weighted by Gasteiger charge is -2.30. The summed E-state index contributed by atoms with van der Waals surface area (Å²) in [6.45, 7) is 8.14. The van der Waals surface area contributed by atoms with Crippen LogP contribution in [0, 0.1) is 23.7 Å². The Morgan fingerprint density at radius 2 is 1.39 bits per heavy atom. The van der Waals surface area contributed by atoms with Gasteiger partial charge in [-0.15, -0.1) is 0 Å². The van der Waals surface area contributed by atoms with Gasteiger partial charge < -0.3 is 10.2 Å². The highest BCUT2D eigenvalue weighted by molar-refractivity contribution is 5.85. The van der Waals surface area contributed by atoms with Gasteiger partial charge in [0.1, 0.15) is 5.69 Å². The maximum absolute atomic E-state index is 11.8. The molecule has 2 N–H and O–H groups in total. The van der Waals surface area contributed by atoms with E-state index in [4.69, 9.17) is 4.98 Å². The molecule has 0 aromatic carbocycles. The molecule has 1 aliphatic rings. The van der Waals surface area contributed by atoms with E-state index in [1.54, 1.807) is 6.20 Å². The molecule has 0 amide bonds. The summed E-state index contributed by atoms with van der Waals surface area (Å²) in [5, 5.41) is 19.3. The van der Waals surface area contributed by atoms with Gasteiger partial charge in [0.2, 0.25) is 0 Å². The molecule has 4 rings (SSSR count). The van der Waals surface area contributed by atoms with Crippen LogP contribution in [0.3, 0.4) is 0 Å². The fourth-order valence-corrected chi connectivity index (χ4v) is 4.95. The van der Waals surface area contributed by atoms with E-state index in [1.165, 1.54) is 6.07 Å². The summed E-state index contributed by atoms with van der Waals surface area (Å²) >= 11 is 0. The number of hydrogen-bond acceptors (Lipinski definition) is 8. The average Bonchev–Trinajstić information content (AvgIpc) is 2.99. The molecule has 0 spiro atoms. The second-order valence-corrected chi connectivity index (χ2v) is 10.6. The van der Waals surface area contributed by atoms with Crippen molar-refractivity contribution in [3.63, 3.8) is 0 Å². The molecular weight excluding hydrogens is 556 g/mol. The van der Waals surface area contributed by atoms with Gasteiger partial charge in [-0.3, -0.25) is 29.5 Å². The van der Waals surface area contributed by atoms with Gasteiger partial charge in [0, 0.05) is 82.5 Å². The van der Waals surface area contributed by atoms with Crippen LogP contribution in [-0.4, -0.2) is 84.5 Å². The average molecular weight is 595 g/mol. The summed E-state index contributed by atoms with van der Waals surface area (Å²) in [5.41, 5.74) is 4.70. The maximum Gasteiger partial charge on any atom is 0.354 e. The highest BCUT2D eigenvalue weighted by Crippen LogP contribution is 2.14. The van der Waals surface area contributed by atoms with Crippen molar-refractivity contribution < 1.29 is 19.8 Å². The van der Waals surface area contributed by atoms with E-state index in [1.807, 2.05) is 55.1 Å². The van der Waals surface area contributed by atoms with Gasteiger partial charge in [-0.1, -0.05) is 43.6 Å². The van der Waals surface area contributed by atoms with E-state index in [2.05, 4.69) is 43.4 Å². The Hall–Kier alpha value is -4.61. The summed E-state index contributed by atoms with van der Waals surface area (Å²) < 4.78 is 0. The minimum absolute atomic E-state index is 0.0481. The molecule has 1 aliphatic heterocycles. The monoisotopic (exact) mass is 594 g/mol. The first kappa shape index (κ1) is 32.3. The summed E-state index contributed by atoms with van der Waals surface area (Å²) in [6, 6.07) is 13.1. The van der Waals surface area contributed by atoms with Crippen LogP contribution in [0.15, 0.2) is 48.7 Å². The van der Waals surface area contributed by atoms with Crippen molar-refractivity contribution in [1.82, 2.24) is 29.7 Å². The van der Waals surface area contributed by atoms with Gasteiger partial charge in [-0.25, -0.2) is 9.78 Å². The second-order valence-electron chi connectivity index (χ2n) is 10.6. The van der Waals surface area contributed by atoms with Gasteiger partial charge in [0.05, 0.1) is 29.3 Å². The lowest BCUT2D eigenvalue weighted by atomic mass is 10.1. The van der Waals surface area contributed by atoms with Crippen molar-refractivity contribution in [2.75, 3.05) is 32.7 Å². The van der Waals surface area contributed by atoms with Gasteiger partial charge >= 0.3 is 11.9 Å². The minimum Gasteiger partial charge on any atom is -0.480 e. The summed E-state index contributed by atoms with van der Waals surface area (Å²) in [5.74, 6) is 10.3. The van der Waals surface area contributed by atoms with Crippen LogP contribution < -0.4 is 0 Å². The number of pyridine rings is 3. The molecule has 0 saturated heterocycles. The maximum atomic E-state index is 11.8. The van der Waals surface area contributed by atoms with E-state index in [0.29, 0.717) is 70.0 Å². The number of aromatic carboxylic acids is 1. The Bertz CT molecular complexity index is 1590. The number of carboxylic acid groups (broad SMARTS) is 2. The zero-order valence-corrected chi connectivity index (χ0v) is 25.3. The van der Waals surface area contributed by atoms with Gasteiger partial charge in [-0.05, 0) is 36.4 Å². The molecule has 0 aliphatic carbocycles. The Morgan fingerprint density at radius 3 is 2.07 bits per heavy atom. The molecule has 0 atom stereocenters. The largest absolute Gasteiger partial charge is 0.480 e. The zero-order chi connectivity index (χ0) is 31.3. The van der Waals surface area contributed by atoms with Crippen LogP contribution in [0.2, 0.25) is 0 Å². The number of aliphatic carboxylic acids is 1. The highest BCUT2D eigenvalue weighted by atomic mass is 16.4. The fourth-order valence-electron chi connectivity index (χ4n) is 4.95. The van der Waals surface area contributed by atoms with Crippen LogP contribution in [-0.2, 0) is 31.0 Å². The van der Waals surface area contributed by atoms with Gasteiger partial charge in [0.25, 0.3) is 0 Å². The number of fused-ring (bicyclic) bond motifs is 2. The van der Waals surface area contributed by atoms with Crippen molar-refractivity contribution in [2.24, 2.45) is 0 Å². The quantitative estimate of drug-likeness (QED) is 0.393. The first-order valence-electron chi connectivity index (χ1n) is 14.8. The topological polar surface area (TPSA) is 123 Å². The molecule has 44 heavy (non-hydrogen) atoms. The number of carbonyl (C=O) groups is 2. The molecule has 2 bridgehead atoms. The first-order chi connectivity index (χ1) is 21.3. The van der Waals surface area contributed by atoms with Crippen molar-refractivity contribution >= 4 is 11.9 Å². The summed E-state index contributed by atoms with van der Waals surface area (Å²) in [4.78, 5) is 43.7. The smallest absolute Gasteiger partial charge is 0.354 e. The molecule has 228 valence electrons. The molecule has 0 unspecified atom stereocenters. The summed E-state index contributed by atoms with van der Waals surface area (Å²) in [6.07, 6.45) is 3.22. The van der Waals surface area contributed by atoms with Crippen LogP contribution in [0.1, 0.15) is 71.1 Å². The van der Waals surface area contributed by atoms with Gasteiger partial charge in [-0.2, -0.15) is 0 Å². The summed E-state index contributed by atoms with van der Waals surface area (Å²) in [7, 11) is 0. The van der Waals surface area contributed by atoms with Crippen molar-refractivity contribution in [3.05, 3.63) is 88.3 Å². The molecular formula is C34H38N6O4. The zero-order valence-electron chi connectivity index (χ0n) is 25.3. The van der Waals surface area contributed by atoms with E-state index in [0.717, 1.165) is 29.1 Å². The molecule has 4 heterocycles. The first-order valence-corrected chi connectivity index (χ1v) is 14.8. The van der Waals surface area contributed by atoms with Crippen LogP contribution in [0.5, 0.6) is 0 Å². The van der Waals surface area contributed by atoms with E-state index in [9.17, 15) is 19.8 Å². The Morgan fingerprint density at radius 1 is 0.773 bits per heavy atom. The third-order valence-electron chi connectivity index (χ3n) is 6.96.